The Morgan fingerprint density at radius 1 is 1.00 bits per heavy atom. The van der Waals surface area contributed by atoms with E-state index in [0.29, 0.717) is 13.0 Å². The van der Waals surface area contributed by atoms with E-state index in [1.807, 2.05) is 17.0 Å². The second-order valence-electron chi connectivity index (χ2n) is 6.58. The molecule has 1 heterocycles. The minimum Gasteiger partial charge on any atom is -0.352 e. The van der Waals surface area contributed by atoms with Crippen LogP contribution in [0.1, 0.15) is 29.5 Å². The van der Waals surface area contributed by atoms with Gasteiger partial charge in [0, 0.05) is 38.8 Å². The smallest absolute Gasteiger partial charge is 0.227 e. The van der Waals surface area contributed by atoms with Crippen molar-refractivity contribution in [1.82, 2.24) is 10.6 Å². The van der Waals surface area contributed by atoms with Crippen LogP contribution in [0.5, 0.6) is 0 Å². The Hall–Kier alpha value is -2.09. The van der Waals surface area contributed by atoms with Gasteiger partial charge in [-0.3, -0.25) is 9.79 Å². The summed E-state index contributed by atoms with van der Waals surface area (Å²) in [4.78, 5) is 17.9. The molecular weight excluding hydrogens is 451 g/mol. The van der Waals surface area contributed by atoms with Gasteiger partial charge in [0.25, 0.3) is 0 Å². The van der Waals surface area contributed by atoms with Crippen molar-refractivity contribution < 1.29 is 4.79 Å². The highest BCUT2D eigenvalue weighted by Crippen LogP contribution is 2.21. The number of anilines is 1. The summed E-state index contributed by atoms with van der Waals surface area (Å²) >= 11 is 0. The van der Waals surface area contributed by atoms with E-state index in [1.165, 1.54) is 11.1 Å². The molecule has 1 aliphatic heterocycles. The third-order valence-electron chi connectivity index (χ3n) is 4.59. The van der Waals surface area contributed by atoms with Crippen molar-refractivity contribution in [3.05, 3.63) is 65.2 Å². The van der Waals surface area contributed by atoms with E-state index in [2.05, 4.69) is 58.9 Å². The lowest BCUT2D eigenvalue weighted by atomic mass is 10.1. The summed E-state index contributed by atoms with van der Waals surface area (Å²) in [6, 6.07) is 16.6. The van der Waals surface area contributed by atoms with Crippen LogP contribution in [0.25, 0.3) is 0 Å². The first-order valence-electron chi connectivity index (χ1n) is 9.05. The Balaban J connectivity index is 0.00000261. The molecule has 0 radical (unpaired) electrons. The van der Waals surface area contributed by atoms with Gasteiger partial charge in [0.05, 0.1) is 0 Å². The summed E-state index contributed by atoms with van der Waals surface area (Å²) in [7, 11) is 1.77. The number of rotatable bonds is 5. The third kappa shape index (κ3) is 5.95. The molecule has 27 heavy (non-hydrogen) atoms. The Bertz CT molecular complexity index is 772. The summed E-state index contributed by atoms with van der Waals surface area (Å²) in [5.41, 5.74) is 4.62. The van der Waals surface area contributed by atoms with E-state index in [1.54, 1.807) is 7.05 Å². The van der Waals surface area contributed by atoms with Crippen LogP contribution in [0.2, 0.25) is 0 Å². The summed E-state index contributed by atoms with van der Waals surface area (Å²) in [5.74, 6) is 0.987. The molecule has 1 aliphatic rings. The summed E-state index contributed by atoms with van der Waals surface area (Å²) in [5, 5.41) is 6.65. The molecule has 2 aromatic rings. The molecule has 0 unspecified atom stereocenters. The van der Waals surface area contributed by atoms with Crippen molar-refractivity contribution in [2.75, 3.05) is 18.5 Å². The standard InChI is InChI=1S/C21H26N4O.HI/c1-16-5-7-17(8-6-16)14-23-21(22-2)24-15-18-9-11-19(12-10-18)25-13-3-4-20(25)26;/h5-12H,3-4,13-15H2,1-2H3,(H2,22,23,24);1H. The van der Waals surface area contributed by atoms with E-state index < -0.39 is 0 Å². The van der Waals surface area contributed by atoms with Crippen molar-refractivity contribution in [2.24, 2.45) is 4.99 Å². The zero-order valence-electron chi connectivity index (χ0n) is 15.9. The molecule has 0 aromatic heterocycles. The van der Waals surface area contributed by atoms with Crippen LogP contribution in [0.4, 0.5) is 5.69 Å². The van der Waals surface area contributed by atoms with Gasteiger partial charge >= 0.3 is 0 Å². The summed E-state index contributed by atoms with van der Waals surface area (Å²) in [6.07, 6.45) is 1.61. The monoisotopic (exact) mass is 478 g/mol. The average Bonchev–Trinajstić information content (AvgIpc) is 3.10. The number of benzene rings is 2. The van der Waals surface area contributed by atoms with Crippen LogP contribution in [0.15, 0.2) is 53.5 Å². The highest BCUT2D eigenvalue weighted by atomic mass is 127. The second kappa shape index (κ2) is 10.3. The largest absolute Gasteiger partial charge is 0.352 e. The van der Waals surface area contributed by atoms with Gasteiger partial charge < -0.3 is 15.5 Å². The number of amides is 1. The fourth-order valence-electron chi connectivity index (χ4n) is 3.01. The quantitative estimate of drug-likeness (QED) is 0.392. The third-order valence-corrected chi connectivity index (χ3v) is 4.59. The van der Waals surface area contributed by atoms with E-state index >= 15 is 0 Å². The molecule has 1 amide bonds. The molecule has 3 rings (SSSR count). The molecule has 0 bridgehead atoms. The summed E-state index contributed by atoms with van der Waals surface area (Å²) in [6.45, 7) is 4.33. The van der Waals surface area contributed by atoms with Gasteiger partial charge in [-0.05, 0) is 36.6 Å². The average molecular weight is 478 g/mol. The van der Waals surface area contributed by atoms with Crippen molar-refractivity contribution in [3.63, 3.8) is 0 Å². The maximum atomic E-state index is 11.8. The van der Waals surface area contributed by atoms with Gasteiger partial charge in [0.2, 0.25) is 5.91 Å². The minimum absolute atomic E-state index is 0. The Morgan fingerprint density at radius 2 is 1.56 bits per heavy atom. The van der Waals surface area contributed by atoms with E-state index in [9.17, 15) is 4.79 Å². The van der Waals surface area contributed by atoms with Crippen molar-refractivity contribution in [1.29, 1.82) is 0 Å². The normalized spacial score (nSPS) is 14.1. The minimum atomic E-state index is 0. The van der Waals surface area contributed by atoms with Crippen molar-refractivity contribution in [2.45, 2.75) is 32.9 Å². The second-order valence-corrected chi connectivity index (χ2v) is 6.58. The molecule has 0 spiro atoms. The maximum absolute atomic E-state index is 11.8. The van der Waals surface area contributed by atoms with Gasteiger partial charge in [-0.25, -0.2) is 0 Å². The number of hydrogen-bond donors (Lipinski definition) is 2. The number of halogens is 1. The molecule has 144 valence electrons. The molecular formula is C21H27IN4O. The van der Waals surface area contributed by atoms with Gasteiger partial charge in [-0.2, -0.15) is 0 Å². The Kier molecular flexibility index (Phi) is 8.09. The molecule has 0 saturated carbocycles. The predicted molar refractivity (Wildman–Crippen MR) is 122 cm³/mol. The zero-order valence-corrected chi connectivity index (χ0v) is 18.2. The number of nitrogens with zero attached hydrogens (tertiary/aromatic N) is 2. The van der Waals surface area contributed by atoms with Crippen molar-refractivity contribution in [3.8, 4) is 0 Å². The molecule has 1 saturated heterocycles. The zero-order chi connectivity index (χ0) is 18.4. The first kappa shape index (κ1) is 21.2. The number of nitrogens with one attached hydrogen (secondary N) is 2. The molecule has 2 N–H and O–H groups in total. The molecule has 2 aromatic carbocycles. The lowest BCUT2D eigenvalue weighted by Gasteiger charge is -2.16. The number of aryl methyl sites for hydroxylation is 1. The first-order chi connectivity index (χ1) is 12.7. The maximum Gasteiger partial charge on any atom is 0.227 e. The molecule has 1 fully saturated rings. The first-order valence-corrected chi connectivity index (χ1v) is 9.05. The Morgan fingerprint density at radius 3 is 2.04 bits per heavy atom. The number of aliphatic imine (C=N–C) groups is 1. The fourth-order valence-corrected chi connectivity index (χ4v) is 3.01. The number of carbonyl (C=O) groups excluding carboxylic acids is 1. The highest BCUT2D eigenvalue weighted by Gasteiger charge is 2.21. The van der Waals surface area contributed by atoms with Crippen LogP contribution < -0.4 is 15.5 Å². The number of hydrogen-bond acceptors (Lipinski definition) is 2. The Labute approximate surface area is 178 Å². The number of guanidine groups is 1. The lowest BCUT2D eigenvalue weighted by Crippen LogP contribution is -2.36. The highest BCUT2D eigenvalue weighted by molar-refractivity contribution is 14.0. The van der Waals surface area contributed by atoms with Crippen LogP contribution >= 0.6 is 24.0 Å². The fraction of sp³-hybridized carbons (Fsp3) is 0.333. The lowest BCUT2D eigenvalue weighted by molar-refractivity contribution is -0.117. The van der Waals surface area contributed by atoms with Crippen LogP contribution in [0.3, 0.4) is 0 Å². The van der Waals surface area contributed by atoms with Gasteiger partial charge in [0.1, 0.15) is 0 Å². The van der Waals surface area contributed by atoms with E-state index in [-0.39, 0.29) is 29.9 Å². The molecule has 0 aliphatic carbocycles. The van der Waals surface area contributed by atoms with E-state index in [4.69, 9.17) is 0 Å². The van der Waals surface area contributed by atoms with Crippen LogP contribution in [-0.4, -0.2) is 25.5 Å². The SMILES string of the molecule is CN=C(NCc1ccc(C)cc1)NCc1ccc(N2CCCC2=O)cc1.I. The molecule has 6 heteroatoms. The molecule has 0 atom stereocenters. The topological polar surface area (TPSA) is 56.7 Å². The predicted octanol–water partition coefficient (Wildman–Crippen LogP) is 3.61. The van der Waals surface area contributed by atoms with E-state index in [0.717, 1.165) is 36.7 Å². The van der Waals surface area contributed by atoms with Crippen LogP contribution in [-0.2, 0) is 17.9 Å². The van der Waals surface area contributed by atoms with Crippen molar-refractivity contribution >= 4 is 41.5 Å². The van der Waals surface area contributed by atoms with Gasteiger partial charge in [-0.15, -0.1) is 24.0 Å². The van der Waals surface area contributed by atoms with Gasteiger partial charge in [-0.1, -0.05) is 42.0 Å². The summed E-state index contributed by atoms with van der Waals surface area (Å²) < 4.78 is 0. The number of carbonyl (C=O) groups is 1. The molecule has 5 nitrogen and oxygen atoms in total. The van der Waals surface area contributed by atoms with Crippen LogP contribution in [0, 0.1) is 6.92 Å². The van der Waals surface area contributed by atoms with Gasteiger partial charge in [0.15, 0.2) is 5.96 Å².